The van der Waals surface area contributed by atoms with Gasteiger partial charge in [-0.2, -0.15) is 0 Å². The first-order chi connectivity index (χ1) is 23.6. The number of halogens is 1. The quantitative estimate of drug-likeness (QED) is 0.207. The third kappa shape index (κ3) is 6.13. The van der Waals surface area contributed by atoms with Gasteiger partial charge in [0.15, 0.2) is 0 Å². The van der Waals surface area contributed by atoms with Crippen molar-refractivity contribution in [3.05, 3.63) is 126 Å². The number of thioether (sulfide) groups is 1. The molecule has 3 amide bonds. The summed E-state index contributed by atoms with van der Waals surface area (Å²) in [5, 5.41) is 11.4. The Bertz CT molecular complexity index is 1720. The van der Waals surface area contributed by atoms with Crippen LogP contribution in [-0.2, 0) is 27.3 Å². The highest BCUT2D eigenvalue weighted by Gasteiger charge is 2.78. The standard InChI is InChI=1S/C40H44ClN3O4S/c1-5-22-42(25-29-17-11-8-12-18-29)36(46)32-33-37(47)44(30(26-45)24-28-15-9-7-10-16-28)35(40(33)21-20-39(32,4)49-40)38(48)43(23-6-2)34-27(3)14-13-19-31(34)41/h5-19,30,32-33,35,45H,1-2,20-26H2,3-4H3/t30-,32+,33+,35?,39-,40?/m1/s1. The molecule has 1 N–H and O–H groups in total. The number of para-hydroxylation sites is 1. The Morgan fingerprint density at radius 1 is 0.980 bits per heavy atom. The van der Waals surface area contributed by atoms with Crippen molar-refractivity contribution in [3.63, 3.8) is 0 Å². The molecule has 3 aromatic carbocycles. The maximum Gasteiger partial charge on any atom is 0.251 e. The summed E-state index contributed by atoms with van der Waals surface area (Å²) in [6.07, 6.45) is 5.01. The molecule has 7 nitrogen and oxygen atoms in total. The number of benzene rings is 3. The van der Waals surface area contributed by atoms with Crippen LogP contribution in [0.2, 0.25) is 5.02 Å². The zero-order valence-electron chi connectivity index (χ0n) is 28.1. The number of amides is 3. The van der Waals surface area contributed by atoms with E-state index in [1.165, 1.54) is 0 Å². The van der Waals surface area contributed by atoms with Crippen LogP contribution in [0.4, 0.5) is 5.69 Å². The highest BCUT2D eigenvalue weighted by molar-refractivity contribution is 8.02. The molecule has 2 bridgehead atoms. The van der Waals surface area contributed by atoms with Gasteiger partial charge in [0.2, 0.25) is 11.8 Å². The van der Waals surface area contributed by atoms with Crippen molar-refractivity contribution in [3.8, 4) is 0 Å². The minimum Gasteiger partial charge on any atom is -0.394 e. The summed E-state index contributed by atoms with van der Waals surface area (Å²) >= 11 is 8.39. The molecular formula is C40H44ClN3O4S. The van der Waals surface area contributed by atoms with Gasteiger partial charge in [-0.05, 0) is 55.9 Å². The first-order valence-corrected chi connectivity index (χ1v) is 18.1. The van der Waals surface area contributed by atoms with E-state index in [-0.39, 0.29) is 30.9 Å². The van der Waals surface area contributed by atoms with Crippen molar-refractivity contribution < 1.29 is 19.5 Å². The number of carbonyl (C=O) groups is 3. The number of fused-ring (bicyclic) bond motifs is 1. The van der Waals surface area contributed by atoms with E-state index in [0.29, 0.717) is 43.1 Å². The van der Waals surface area contributed by atoms with E-state index in [2.05, 4.69) is 20.1 Å². The van der Waals surface area contributed by atoms with Gasteiger partial charge in [-0.25, -0.2) is 0 Å². The Morgan fingerprint density at radius 3 is 2.24 bits per heavy atom. The normalized spacial score (nSPS) is 25.9. The summed E-state index contributed by atoms with van der Waals surface area (Å²) in [5.41, 5.74) is 3.32. The second kappa shape index (κ2) is 14.2. The number of aliphatic hydroxyl groups is 1. The van der Waals surface area contributed by atoms with Gasteiger partial charge < -0.3 is 19.8 Å². The third-order valence-electron chi connectivity index (χ3n) is 10.5. The van der Waals surface area contributed by atoms with Gasteiger partial charge in [0.1, 0.15) is 6.04 Å². The predicted octanol–water partition coefficient (Wildman–Crippen LogP) is 6.47. The lowest BCUT2D eigenvalue weighted by atomic mass is 9.66. The molecule has 3 fully saturated rings. The molecule has 6 atom stereocenters. The molecule has 256 valence electrons. The topological polar surface area (TPSA) is 81.2 Å². The van der Waals surface area contributed by atoms with Crippen molar-refractivity contribution in [1.29, 1.82) is 0 Å². The summed E-state index contributed by atoms with van der Waals surface area (Å²) < 4.78 is -1.44. The van der Waals surface area contributed by atoms with E-state index in [9.17, 15) is 9.90 Å². The fourth-order valence-corrected chi connectivity index (χ4v) is 11.1. The summed E-state index contributed by atoms with van der Waals surface area (Å²) in [6.45, 7) is 12.4. The first kappa shape index (κ1) is 35.0. The van der Waals surface area contributed by atoms with Gasteiger partial charge in [0.05, 0.1) is 39.9 Å². The van der Waals surface area contributed by atoms with Crippen LogP contribution >= 0.6 is 23.4 Å². The van der Waals surface area contributed by atoms with Gasteiger partial charge in [0, 0.05) is 24.4 Å². The molecule has 3 aliphatic rings. The van der Waals surface area contributed by atoms with Crippen LogP contribution in [0.25, 0.3) is 0 Å². The predicted molar refractivity (Wildman–Crippen MR) is 197 cm³/mol. The van der Waals surface area contributed by atoms with E-state index < -0.39 is 33.4 Å². The zero-order chi connectivity index (χ0) is 34.9. The van der Waals surface area contributed by atoms with Gasteiger partial charge >= 0.3 is 0 Å². The molecule has 3 saturated heterocycles. The molecule has 49 heavy (non-hydrogen) atoms. The average molecular weight is 698 g/mol. The van der Waals surface area contributed by atoms with Crippen LogP contribution in [0.15, 0.2) is 104 Å². The summed E-state index contributed by atoms with van der Waals surface area (Å²) in [4.78, 5) is 50.2. The number of nitrogens with zero attached hydrogens (tertiary/aromatic N) is 3. The van der Waals surface area contributed by atoms with Crippen LogP contribution in [0, 0.1) is 18.8 Å². The zero-order valence-corrected chi connectivity index (χ0v) is 29.7. The second-order valence-electron chi connectivity index (χ2n) is 13.6. The van der Waals surface area contributed by atoms with E-state index in [4.69, 9.17) is 11.6 Å². The number of rotatable bonds is 13. The highest BCUT2D eigenvalue weighted by Crippen LogP contribution is 2.72. The highest BCUT2D eigenvalue weighted by atomic mass is 35.5. The lowest BCUT2D eigenvalue weighted by Gasteiger charge is -2.40. The summed E-state index contributed by atoms with van der Waals surface area (Å²) in [6, 6.07) is 23.4. The first-order valence-electron chi connectivity index (χ1n) is 16.9. The largest absolute Gasteiger partial charge is 0.394 e. The SMILES string of the molecule is C=CCN(Cc1ccccc1)C(=O)[C@@H]1[C@H]2C(=O)N([C@@H](CO)Cc3ccccc3)C(C(=O)N(CC=C)c3c(C)cccc3Cl)C23CC[C@@]1(C)S3. The maximum absolute atomic E-state index is 15.3. The average Bonchev–Trinajstić information content (AvgIpc) is 3.67. The Balaban J connectivity index is 1.47. The molecule has 3 aliphatic heterocycles. The fourth-order valence-electron chi connectivity index (χ4n) is 8.47. The van der Waals surface area contributed by atoms with Crippen LogP contribution in [0.1, 0.15) is 36.5 Å². The van der Waals surface area contributed by atoms with E-state index in [1.807, 2.05) is 79.7 Å². The van der Waals surface area contributed by atoms with Crippen molar-refractivity contribution in [2.24, 2.45) is 11.8 Å². The van der Waals surface area contributed by atoms with Crippen molar-refractivity contribution in [1.82, 2.24) is 9.80 Å². The minimum atomic E-state index is -0.937. The van der Waals surface area contributed by atoms with Gasteiger partial charge in [-0.15, -0.1) is 24.9 Å². The third-order valence-corrected chi connectivity index (χ3v) is 12.8. The Morgan fingerprint density at radius 2 is 1.63 bits per heavy atom. The summed E-state index contributed by atoms with van der Waals surface area (Å²) in [5.74, 6) is -2.05. The minimum absolute atomic E-state index is 0.111. The molecule has 1 spiro atoms. The van der Waals surface area contributed by atoms with Crippen LogP contribution in [0.5, 0.6) is 0 Å². The number of carbonyl (C=O) groups excluding carboxylic acids is 3. The van der Waals surface area contributed by atoms with Crippen molar-refractivity contribution in [2.45, 2.75) is 61.2 Å². The monoisotopic (exact) mass is 697 g/mol. The fraction of sp³-hybridized carbons (Fsp3) is 0.375. The van der Waals surface area contributed by atoms with Crippen molar-refractivity contribution in [2.75, 3.05) is 24.6 Å². The molecule has 3 heterocycles. The number of hydrogen-bond acceptors (Lipinski definition) is 5. The van der Waals surface area contributed by atoms with E-state index in [0.717, 1.165) is 16.7 Å². The number of aliphatic hydroxyl groups excluding tert-OH is 1. The Labute approximate surface area is 298 Å². The van der Waals surface area contributed by atoms with Gasteiger partial charge in [-0.3, -0.25) is 14.4 Å². The lowest BCUT2D eigenvalue weighted by Crippen LogP contribution is -2.58. The Hall–Kier alpha value is -3.85. The molecule has 0 aromatic heterocycles. The molecular weight excluding hydrogens is 654 g/mol. The molecule has 2 unspecified atom stereocenters. The van der Waals surface area contributed by atoms with Gasteiger partial charge in [-0.1, -0.05) is 96.5 Å². The van der Waals surface area contributed by atoms with Crippen molar-refractivity contribution >= 4 is 46.8 Å². The smallest absolute Gasteiger partial charge is 0.251 e. The molecule has 0 aliphatic carbocycles. The Kier molecular flexibility index (Phi) is 10.1. The van der Waals surface area contributed by atoms with E-state index in [1.54, 1.807) is 44.7 Å². The molecule has 3 aromatic rings. The van der Waals surface area contributed by atoms with Crippen LogP contribution in [-0.4, -0.2) is 73.9 Å². The number of anilines is 1. The second-order valence-corrected chi connectivity index (χ2v) is 15.9. The maximum atomic E-state index is 15.3. The number of aryl methyl sites for hydroxylation is 1. The summed E-state index contributed by atoms with van der Waals surface area (Å²) in [7, 11) is 0. The van der Waals surface area contributed by atoms with Gasteiger partial charge in [0.25, 0.3) is 5.91 Å². The molecule has 0 radical (unpaired) electrons. The molecule has 6 rings (SSSR count). The van der Waals surface area contributed by atoms with Crippen LogP contribution in [0.3, 0.4) is 0 Å². The van der Waals surface area contributed by atoms with E-state index >= 15 is 9.59 Å². The lowest BCUT2D eigenvalue weighted by molar-refractivity contribution is -0.146. The molecule has 0 saturated carbocycles. The van der Waals surface area contributed by atoms with Crippen LogP contribution < -0.4 is 4.90 Å². The number of hydrogen-bond donors (Lipinski definition) is 1. The number of likely N-dealkylation sites (tertiary alicyclic amines) is 1. The molecule has 9 heteroatoms.